The normalized spacial score (nSPS) is 11.5. The van der Waals surface area contributed by atoms with Crippen molar-refractivity contribution in [1.82, 2.24) is 4.57 Å². The third-order valence-corrected chi connectivity index (χ3v) is 6.59. The van der Waals surface area contributed by atoms with E-state index in [2.05, 4.69) is 69.9 Å². The lowest BCUT2D eigenvalue weighted by Gasteiger charge is -2.11. The molecule has 0 bridgehead atoms. The quantitative estimate of drug-likeness (QED) is 0.187. The maximum Gasteiger partial charge on any atom is 0.340 e. The van der Waals surface area contributed by atoms with Gasteiger partial charge in [0.25, 0.3) is 0 Å². The largest absolute Gasteiger partial charge is 0.462 e. The molecule has 4 heteroatoms. The number of carbonyl (C=O) groups is 1. The smallest absolute Gasteiger partial charge is 0.340 e. The van der Waals surface area contributed by atoms with Crippen LogP contribution in [0.3, 0.4) is 0 Å². The molecule has 1 heterocycles. The van der Waals surface area contributed by atoms with Gasteiger partial charge in [0.2, 0.25) is 0 Å². The van der Waals surface area contributed by atoms with Gasteiger partial charge in [-0.25, -0.2) is 4.79 Å². The van der Waals surface area contributed by atoms with Gasteiger partial charge in [-0.3, -0.25) is 0 Å². The van der Waals surface area contributed by atoms with Gasteiger partial charge in [0, 0.05) is 27.8 Å². The minimum atomic E-state index is -0.263. The number of esters is 1. The molecule has 0 N–H and O–H groups in total. The zero-order valence-electron chi connectivity index (χ0n) is 18.2. The Bertz CT molecular complexity index is 1470. The van der Waals surface area contributed by atoms with Gasteiger partial charge in [-0.2, -0.15) is 0 Å². The van der Waals surface area contributed by atoms with Crippen molar-refractivity contribution in [3.8, 4) is 11.1 Å². The highest BCUT2D eigenvalue weighted by Crippen LogP contribution is 2.39. The molecule has 0 aliphatic rings. The summed E-state index contributed by atoms with van der Waals surface area (Å²) in [4.78, 5) is 13.2. The van der Waals surface area contributed by atoms with Crippen molar-refractivity contribution < 1.29 is 9.53 Å². The molecule has 0 saturated heterocycles. The van der Waals surface area contributed by atoms with Crippen LogP contribution < -0.4 is 0 Å². The number of nitrogens with zero attached hydrogens (tertiary/aromatic N) is 1. The fourth-order valence-electron chi connectivity index (χ4n) is 4.49. The van der Waals surface area contributed by atoms with E-state index in [-0.39, 0.29) is 5.97 Å². The molecular formula is C28H24BrNO2. The number of hydrogen-bond donors (Lipinski definition) is 0. The van der Waals surface area contributed by atoms with E-state index in [4.69, 9.17) is 4.74 Å². The second kappa shape index (κ2) is 8.44. The van der Waals surface area contributed by atoms with Crippen LogP contribution in [-0.4, -0.2) is 17.1 Å². The van der Waals surface area contributed by atoms with Gasteiger partial charge in [0.05, 0.1) is 17.7 Å². The maximum atomic E-state index is 13.2. The van der Waals surface area contributed by atoms with E-state index in [1.165, 1.54) is 0 Å². The molecule has 0 spiro atoms. The number of aromatic nitrogens is 1. The lowest BCUT2D eigenvalue weighted by Crippen LogP contribution is -2.08. The number of unbranched alkanes of at least 4 members (excludes halogenated alkanes) is 1. The van der Waals surface area contributed by atoms with Gasteiger partial charge < -0.3 is 9.30 Å². The number of carbonyl (C=O) groups excluding carboxylic acids is 1. The van der Waals surface area contributed by atoms with Gasteiger partial charge in [0.1, 0.15) is 0 Å². The molecule has 160 valence electrons. The fourth-order valence-corrected chi connectivity index (χ4v) is 4.85. The van der Waals surface area contributed by atoms with Gasteiger partial charge >= 0.3 is 5.97 Å². The zero-order valence-corrected chi connectivity index (χ0v) is 19.8. The van der Waals surface area contributed by atoms with Gasteiger partial charge in [0.15, 0.2) is 0 Å². The summed E-state index contributed by atoms with van der Waals surface area (Å²) in [5, 5.41) is 4.38. The Kier molecular flexibility index (Phi) is 5.48. The summed E-state index contributed by atoms with van der Waals surface area (Å²) in [6.45, 7) is 2.53. The van der Waals surface area contributed by atoms with Crippen LogP contribution in [0.25, 0.3) is 43.7 Å². The number of aryl methyl sites for hydroxylation is 1. The Morgan fingerprint density at radius 2 is 1.75 bits per heavy atom. The van der Waals surface area contributed by atoms with E-state index >= 15 is 0 Å². The third-order valence-electron chi connectivity index (χ3n) is 6.10. The van der Waals surface area contributed by atoms with Crippen LogP contribution in [0.4, 0.5) is 0 Å². The second-order valence-electron chi connectivity index (χ2n) is 8.16. The number of benzene rings is 4. The lowest BCUT2D eigenvalue weighted by molar-refractivity contribution is 0.0502. The van der Waals surface area contributed by atoms with Crippen LogP contribution in [0.2, 0.25) is 0 Å². The molecule has 0 aliphatic carbocycles. The Morgan fingerprint density at radius 1 is 0.938 bits per heavy atom. The highest BCUT2D eigenvalue weighted by atomic mass is 79.9. The minimum Gasteiger partial charge on any atom is -0.462 e. The molecular weight excluding hydrogens is 462 g/mol. The van der Waals surface area contributed by atoms with Gasteiger partial charge in [-0.15, -0.1) is 0 Å². The van der Waals surface area contributed by atoms with Gasteiger partial charge in [-0.1, -0.05) is 71.7 Å². The third kappa shape index (κ3) is 3.49. The van der Waals surface area contributed by atoms with E-state index in [0.717, 1.165) is 61.0 Å². The molecule has 0 amide bonds. The first-order valence-electron chi connectivity index (χ1n) is 11.0. The molecule has 5 rings (SSSR count). The Morgan fingerprint density at radius 3 is 2.53 bits per heavy atom. The first kappa shape index (κ1) is 20.8. The Labute approximate surface area is 195 Å². The molecule has 0 radical (unpaired) electrons. The predicted molar refractivity (Wildman–Crippen MR) is 136 cm³/mol. The summed E-state index contributed by atoms with van der Waals surface area (Å²) in [5.41, 5.74) is 4.90. The van der Waals surface area contributed by atoms with Crippen LogP contribution in [-0.2, 0) is 11.8 Å². The topological polar surface area (TPSA) is 31.2 Å². The first-order valence-corrected chi connectivity index (χ1v) is 11.7. The van der Waals surface area contributed by atoms with Gasteiger partial charge in [-0.05, 0) is 58.7 Å². The summed E-state index contributed by atoms with van der Waals surface area (Å²) in [5.74, 6) is -0.263. The number of halogens is 1. The molecule has 0 unspecified atom stereocenters. The fraction of sp³-hybridized carbons (Fsp3) is 0.179. The molecule has 5 aromatic rings. The molecule has 0 fully saturated rings. The highest BCUT2D eigenvalue weighted by molar-refractivity contribution is 9.10. The summed E-state index contributed by atoms with van der Waals surface area (Å²) >= 11 is 3.62. The summed E-state index contributed by atoms with van der Waals surface area (Å²) < 4.78 is 8.78. The monoisotopic (exact) mass is 485 g/mol. The van der Waals surface area contributed by atoms with Crippen molar-refractivity contribution in [2.75, 3.05) is 6.61 Å². The van der Waals surface area contributed by atoms with Crippen molar-refractivity contribution >= 4 is 54.5 Å². The summed E-state index contributed by atoms with van der Waals surface area (Å²) in [6.07, 6.45) is 1.85. The first-order chi connectivity index (χ1) is 15.6. The SMILES string of the molecule is CCCCOC(=O)c1cc2cc(-c3ccccc3)ccc2c2c3cc(Br)ccc3n(C)c12. The highest BCUT2D eigenvalue weighted by Gasteiger charge is 2.21. The van der Waals surface area contributed by atoms with Crippen molar-refractivity contribution in [3.63, 3.8) is 0 Å². The molecule has 0 saturated carbocycles. The van der Waals surface area contributed by atoms with Crippen LogP contribution in [0.15, 0.2) is 77.3 Å². The standard InChI is InChI=1S/C28H24BrNO2/c1-3-4-14-32-28(31)24-16-20-15-19(18-8-6-5-7-9-18)10-12-22(20)26-23-17-21(29)11-13-25(23)30(2)27(24)26/h5-13,15-17H,3-4,14H2,1-2H3. The lowest BCUT2D eigenvalue weighted by atomic mass is 9.96. The number of rotatable bonds is 5. The molecule has 0 atom stereocenters. The second-order valence-corrected chi connectivity index (χ2v) is 9.08. The number of ether oxygens (including phenoxy) is 1. The van der Waals surface area contributed by atoms with Crippen LogP contribution in [0, 0.1) is 0 Å². The van der Waals surface area contributed by atoms with Crippen molar-refractivity contribution in [1.29, 1.82) is 0 Å². The minimum absolute atomic E-state index is 0.263. The Hall–Kier alpha value is -3.11. The van der Waals surface area contributed by atoms with Crippen molar-refractivity contribution in [2.24, 2.45) is 7.05 Å². The molecule has 3 nitrogen and oxygen atoms in total. The average molecular weight is 486 g/mol. The number of fused-ring (bicyclic) bond motifs is 5. The molecule has 1 aromatic heterocycles. The predicted octanol–water partition coefficient (Wildman–Crippen LogP) is 7.87. The van der Waals surface area contributed by atoms with E-state index in [0.29, 0.717) is 12.2 Å². The van der Waals surface area contributed by atoms with E-state index in [1.54, 1.807) is 0 Å². The van der Waals surface area contributed by atoms with Crippen molar-refractivity contribution in [2.45, 2.75) is 19.8 Å². The molecule has 4 aromatic carbocycles. The molecule has 32 heavy (non-hydrogen) atoms. The van der Waals surface area contributed by atoms with Crippen LogP contribution in [0.5, 0.6) is 0 Å². The van der Waals surface area contributed by atoms with Crippen molar-refractivity contribution in [3.05, 3.63) is 82.8 Å². The Balaban J connectivity index is 1.83. The molecule has 0 aliphatic heterocycles. The average Bonchev–Trinajstić information content (AvgIpc) is 3.11. The summed E-state index contributed by atoms with van der Waals surface area (Å²) in [7, 11) is 2.02. The zero-order chi connectivity index (χ0) is 22.2. The number of hydrogen-bond acceptors (Lipinski definition) is 2. The van der Waals surface area contributed by atoms with E-state index < -0.39 is 0 Å². The van der Waals surface area contributed by atoms with E-state index in [1.807, 2.05) is 37.4 Å². The maximum absolute atomic E-state index is 13.2. The van der Waals surface area contributed by atoms with E-state index in [9.17, 15) is 4.79 Å². The van der Waals surface area contributed by atoms with Crippen LogP contribution >= 0.6 is 15.9 Å². The summed E-state index contributed by atoms with van der Waals surface area (Å²) in [6, 6.07) is 25.1. The van der Waals surface area contributed by atoms with Crippen LogP contribution in [0.1, 0.15) is 30.1 Å².